The van der Waals surface area contributed by atoms with E-state index in [-0.39, 0.29) is 56.6 Å². The summed E-state index contributed by atoms with van der Waals surface area (Å²) in [6.07, 6.45) is -10.2. The number of amides is 1. The summed E-state index contributed by atoms with van der Waals surface area (Å²) in [5.74, 6) is -6.80. The summed E-state index contributed by atoms with van der Waals surface area (Å²) >= 11 is 0. The van der Waals surface area contributed by atoms with Crippen LogP contribution in [0.3, 0.4) is 0 Å². The van der Waals surface area contributed by atoms with Crippen LogP contribution in [0.2, 0.25) is 0 Å². The van der Waals surface area contributed by atoms with Crippen molar-refractivity contribution in [2.45, 2.75) is 220 Å². The van der Waals surface area contributed by atoms with Crippen molar-refractivity contribution >= 4 is 29.5 Å². The Bertz CT molecular complexity index is 2080. The van der Waals surface area contributed by atoms with Crippen LogP contribution in [0.4, 0.5) is 4.79 Å². The zero-order valence-corrected chi connectivity index (χ0v) is 49.5. The van der Waals surface area contributed by atoms with Crippen molar-refractivity contribution in [1.82, 2.24) is 10.2 Å². The fourth-order valence-corrected chi connectivity index (χ4v) is 11.8. The number of carbonyl (C=O) groups excluding carboxylic acids is 4. The molecule has 0 aromatic heterocycles. The summed E-state index contributed by atoms with van der Waals surface area (Å²) in [6.45, 7) is 24.6. The van der Waals surface area contributed by atoms with Gasteiger partial charge in [-0.3, -0.25) is 14.4 Å². The first-order valence-electron chi connectivity index (χ1n) is 28.2. The molecule has 5 unspecified atom stereocenters. The van der Waals surface area contributed by atoms with Gasteiger partial charge in [-0.25, -0.2) is 4.79 Å². The van der Waals surface area contributed by atoms with E-state index in [4.69, 9.17) is 56.9 Å². The highest BCUT2D eigenvalue weighted by Crippen LogP contribution is 2.40. The van der Waals surface area contributed by atoms with Crippen LogP contribution in [-0.4, -0.2) is 173 Å². The van der Waals surface area contributed by atoms with E-state index >= 15 is 9.59 Å². The molecule has 20 heteroatoms. The molecule has 1 aromatic carbocycles. The topological polar surface area (TPSA) is 227 Å². The van der Waals surface area contributed by atoms with Gasteiger partial charge in [0, 0.05) is 76.8 Å². The summed E-state index contributed by atoms with van der Waals surface area (Å²) in [5, 5.41) is 18.1. The van der Waals surface area contributed by atoms with E-state index in [1.54, 1.807) is 34.6 Å². The standard InChI is InChI=1S/C58H95N3O17/c1-31(2)23-44(62)74-50-38(9)49(33(4)30-70-56-53(68-16)52(67-15)47(63)41(12)73-56)77-55(65)40(11)51(76-45-24-34(5)61(14)29-36(7)72-45)37(8)48(75-46-26-43(60-69-17)25-35(6)71-46)32(3)27-58(13,54(64)39(50)10)78-57(66)59-28-42-21-19-18-20-22-42/h18-22,31-41,45-53,56,63H,23-30H2,1-17H3,(H,59,66)/t32-,33+,34+,35?,36-,37+,38-,39+,40?,41+,45?,46-,47+,48-,49?,50+,51-,52+,53+,56?,58-/m0/s1. The molecule has 2 N–H and O–H groups in total. The van der Waals surface area contributed by atoms with Crippen LogP contribution in [0.5, 0.6) is 0 Å². The Labute approximate surface area is 463 Å². The highest BCUT2D eigenvalue weighted by atomic mass is 16.7. The van der Waals surface area contributed by atoms with Gasteiger partial charge < -0.3 is 72.3 Å². The molecule has 4 aliphatic rings. The monoisotopic (exact) mass is 1110 g/mol. The minimum absolute atomic E-state index is 0.0317. The SMILES string of the molecule is CON=C1CC(C)O[C@@H](O[C@@H]2[C@@H](C)[C@H](OC3C[C@@H](C)N(C)C[C@H](C)O3)C(C)C(=O)OC([C@H](C)COC3O[C@H](C)[C@@H](O)[C@@H](OC)[C@H]3OC)[C@H](C)[C@@H](OC(=O)CC(C)C)[C@@H](C)C(=O)[C@@](C)(OC(=O)NCc3ccccc3)C[C@@H]2C)C1. The first kappa shape index (κ1) is 65.0. The summed E-state index contributed by atoms with van der Waals surface area (Å²) in [5.41, 5.74) is -0.338. The Morgan fingerprint density at radius 1 is 0.821 bits per heavy atom. The third-order valence-corrected chi connectivity index (χ3v) is 16.1. The number of nitrogens with one attached hydrogen (secondary N) is 1. The lowest BCUT2D eigenvalue weighted by Crippen LogP contribution is -2.59. The molecule has 5 rings (SSSR count). The van der Waals surface area contributed by atoms with Gasteiger partial charge in [-0.15, -0.1) is 0 Å². The number of cyclic esters (lactones) is 1. The van der Waals surface area contributed by atoms with Gasteiger partial charge in [-0.05, 0) is 72.4 Å². The number of rotatable bonds is 17. The summed E-state index contributed by atoms with van der Waals surface area (Å²) < 4.78 is 70.8. The molecule has 4 aliphatic heterocycles. The van der Waals surface area contributed by atoms with Crippen LogP contribution in [0.1, 0.15) is 128 Å². The zero-order valence-electron chi connectivity index (χ0n) is 49.5. The predicted octanol–water partition coefficient (Wildman–Crippen LogP) is 7.24. The minimum atomic E-state index is -1.88. The van der Waals surface area contributed by atoms with Crippen molar-refractivity contribution in [3.8, 4) is 0 Å². The number of aliphatic hydroxyl groups is 1. The average molecular weight is 1110 g/mol. The van der Waals surface area contributed by atoms with Crippen LogP contribution in [0.15, 0.2) is 35.5 Å². The van der Waals surface area contributed by atoms with Crippen molar-refractivity contribution < 1.29 is 81.2 Å². The lowest BCUT2D eigenvalue weighted by atomic mass is 9.74. The molecule has 4 saturated heterocycles. The molecule has 0 bridgehead atoms. The third-order valence-electron chi connectivity index (χ3n) is 16.1. The van der Waals surface area contributed by atoms with Crippen molar-refractivity contribution in [2.24, 2.45) is 46.6 Å². The molecule has 0 aliphatic carbocycles. The number of methoxy groups -OCH3 is 2. The number of benzene rings is 1. The Balaban J connectivity index is 1.69. The fourth-order valence-electron chi connectivity index (χ4n) is 11.8. The molecule has 444 valence electrons. The Kier molecular flexibility index (Phi) is 24.8. The van der Waals surface area contributed by atoms with Crippen molar-refractivity contribution in [2.75, 3.05) is 41.5 Å². The molecule has 1 amide bonds. The minimum Gasteiger partial charge on any atom is -0.461 e. The first-order chi connectivity index (χ1) is 36.8. The largest absolute Gasteiger partial charge is 0.461 e. The summed E-state index contributed by atoms with van der Waals surface area (Å²) in [6, 6.07) is 9.37. The quantitative estimate of drug-likeness (QED) is 0.0890. The second kappa shape index (κ2) is 29.8. The molecule has 0 radical (unpaired) electrons. The second-order valence-electron chi connectivity index (χ2n) is 23.4. The van der Waals surface area contributed by atoms with Gasteiger partial charge in [0.15, 0.2) is 30.3 Å². The molecular formula is C58H95N3O17. The molecule has 0 spiro atoms. The van der Waals surface area contributed by atoms with Crippen LogP contribution < -0.4 is 5.32 Å². The average Bonchev–Trinajstić information content (AvgIpc) is 3.50. The summed E-state index contributed by atoms with van der Waals surface area (Å²) in [4.78, 5) is 66.8. The number of aliphatic hydroxyl groups excluding tert-OH is 1. The van der Waals surface area contributed by atoms with E-state index in [2.05, 4.69) is 22.3 Å². The maximum atomic E-state index is 15.8. The van der Waals surface area contributed by atoms with Crippen molar-refractivity contribution in [3.63, 3.8) is 0 Å². The Morgan fingerprint density at radius 2 is 1.47 bits per heavy atom. The van der Waals surface area contributed by atoms with Gasteiger partial charge >= 0.3 is 18.0 Å². The van der Waals surface area contributed by atoms with E-state index in [9.17, 15) is 14.7 Å². The highest BCUT2D eigenvalue weighted by Gasteiger charge is 2.52. The molecule has 1 aromatic rings. The molecule has 4 heterocycles. The lowest BCUT2D eigenvalue weighted by molar-refractivity contribution is -0.305. The van der Waals surface area contributed by atoms with E-state index in [1.165, 1.54) is 21.3 Å². The molecule has 78 heavy (non-hydrogen) atoms. The van der Waals surface area contributed by atoms with Gasteiger partial charge in [0.25, 0.3) is 0 Å². The number of hydrogen-bond acceptors (Lipinski definition) is 19. The lowest BCUT2D eigenvalue weighted by Gasteiger charge is -2.44. The van der Waals surface area contributed by atoms with E-state index < -0.39 is 133 Å². The van der Waals surface area contributed by atoms with E-state index in [0.29, 0.717) is 19.4 Å². The molecule has 0 saturated carbocycles. The van der Waals surface area contributed by atoms with Gasteiger partial charge in [0.05, 0.1) is 54.7 Å². The number of likely N-dealkylation sites (N-methyl/N-ethyl adjacent to an activating group) is 1. The normalized spacial score (nSPS) is 38.9. The zero-order chi connectivity index (χ0) is 57.8. The van der Waals surface area contributed by atoms with Gasteiger partial charge in [-0.2, -0.15) is 0 Å². The molecule has 21 atom stereocenters. The van der Waals surface area contributed by atoms with Crippen LogP contribution in [0.25, 0.3) is 0 Å². The number of oxime groups is 1. The van der Waals surface area contributed by atoms with Gasteiger partial charge in [0.2, 0.25) is 0 Å². The maximum absolute atomic E-state index is 15.8. The maximum Gasteiger partial charge on any atom is 0.408 e. The van der Waals surface area contributed by atoms with Crippen molar-refractivity contribution in [3.05, 3.63) is 35.9 Å². The van der Waals surface area contributed by atoms with Gasteiger partial charge in [-0.1, -0.05) is 84.0 Å². The van der Waals surface area contributed by atoms with Gasteiger partial charge in [0.1, 0.15) is 37.6 Å². The first-order valence-corrected chi connectivity index (χ1v) is 28.2. The Morgan fingerprint density at radius 3 is 2.12 bits per heavy atom. The molecule has 4 fully saturated rings. The predicted molar refractivity (Wildman–Crippen MR) is 289 cm³/mol. The number of ether oxygens (including phenoxy) is 11. The van der Waals surface area contributed by atoms with Crippen LogP contribution in [-0.2, 0) is 77.9 Å². The number of hydrogen-bond donors (Lipinski definition) is 2. The summed E-state index contributed by atoms with van der Waals surface area (Å²) in [7, 11) is 6.46. The van der Waals surface area contributed by atoms with E-state index in [0.717, 1.165) is 11.3 Å². The smallest absolute Gasteiger partial charge is 0.408 e. The fraction of sp³-hybridized carbons (Fsp3) is 0.810. The Hall–Kier alpha value is -3.83. The number of nitrogens with zero attached hydrogens (tertiary/aromatic N) is 2. The number of esters is 2. The number of Topliss-reactive ketones (excluding diaryl/α,β-unsaturated/α-hetero) is 1. The third kappa shape index (κ3) is 17.3. The number of ketones is 1. The molecule has 20 nitrogen and oxygen atoms in total. The van der Waals surface area contributed by atoms with E-state index in [1.807, 2.05) is 85.8 Å². The highest BCUT2D eigenvalue weighted by molar-refractivity contribution is 5.91. The van der Waals surface area contributed by atoms with Crippen LogP contribution >= 0.6 is 0 Å². The molecular weight excluding hydrogens is 1010 g/mol. The number of carbonyl (C=O) groups is 4. The number of alkyl carbamates (subject to hydrolysis) is 1. The van der Waals surface area contributed by atoms with Crippen molar-refractivity contribution in [1.29, 1.82) is 0 Å². The van der Waals surface area contributed by atoms with Crippen LogP contribution in [0, 0.1) is 41.4 Å². The second-order valence-corrected chi connectivity index (χ2v) is 23.4.